The van der Waals surface area contributed by atoms with E-state index in [1.54, 1.807) is 17.8 Å². The Labute approximate surface area is 153 Å². The van der Waals surface area contributed by atoms with Crippen molar-refractivity contribution in [3.05, 3.63) is 65.9 Å². The SMILES string of the molecule is O=C(/C=C/c1ccc(N[C@@]2(Cc3ccccc3)CCCNC2)nc1)NO. The van der Waals surface area contributed by atoms with Crippen molar-refractivity contribution >= 4 is 17.8 Å². The van der Waals surface area contributed by atoms with Crippen LogP contribution in [-0.2, 0) is 11.2 Å². The predicted molar refractivity (Wildman–Crippen MR) is 102 cm³/mol. The quantitative estimate of drug-likeness (QED) is 0.364. The van der Waals surface area contributed by atoms with E-state index in [9.17, 15) is 4.79 Å². The number of nitrogens with zero attached hydrogens (tertiary/aromatic N) is 1. The fourth-order valence-electron chi connectivity index (χ4n) is 3.31. The monoisotopic (exact) mass is 352 g/mol. The molecule has 136 valence electrons. The first-order valence-corrected chi connectivity index (χ1v) is 8.80. The number of hydrogen-bond acceptors (Lipinski definition) is 5. The van der Waals surface area contributed by atoms with Crippen LogP contribution in [0.2, 0.25) is 0 Å². The topological polar surface area (TPSA) is 86.3 Å². The third kappa shape index (κ3) is 4.91. The molecule has 2 heterocycles. The first-order valence-electron chi connectivity index (χ1n) is 8.80. The number of aromatic nitrogens is 1. The van der Waals surface area contributed by atoms with E-state index in [0.29, 0.717) is 0 Å². The van der Waals surface area contributed by atoms with Crippen molar-refractivity contribution in [2.45, 2.75) is 24.8 Å². The molecule has 6 heteroatoms. The maximum atomic E-state index is 11.0. The third-order valence-corrected chi connectivity index (χ3v) is 4.57. The number of amides is 1. The van der Waals surface area contributed by atoms with E-state index >= 15 is 0 Å². The molecule has 0 bridgehead atoms. The van der Waals surface area contributed by atoms with Gasteiger partial charge >= 0.3 is 0 Å². The van der Waals surface area contributed by atoms with Gasteiger partial charge in [-0.1, -0.05) is 30.3 Å². The Balaban J connectivity index is 1.72. The molecule has 0 aliphatic carbocycles. The van der Waals surface area contributed by atoms with Crippen LogP contribution in [0, 0.1) is 0 Å². The summed E-state index contributed by atoms with van der Waals surface area (Å²) < 4.78 is 0. The number of hydroxylamine groups is 1. The summed E-state index contributed by atoms with van der Waals surface area (Å²) in [5.74, 6) is 0.246. The van der Waals surface area contributed by atoms with Crippen molar-refractivity contribution in [3.63, 3.8) is 0 Å². The van der Waals surface area contributed by atoms with Gasteiger partial charge < -0.3 is 10.6 Å². The predicted octanol–water partition coefficient (Wildman–Crippen LogP) is 2.38. The lowest BCUT2D eigenvalue weighted by molar-refractivity contribution is -0.124. The molecular formula is C20H24N4O2. The van der Waals surface area contributed by atoms with E-state index in [0.717, 1.165) is 43.7 Å². The average molecular weight is 352 g/mol. The van der Waals surface area contributed by atoms with Crippen LogP contribution in [0.3, 0.4) is 0 Å². The van der Waals surface area contributed by atoms with Gasteiger partial charge in [0.05, 0.1) is 5.54 Å². The lowest BCUT2D eigenvalue weighted by Gasteiger charge is -2.39. The summed E-state index contributed by atoms with van der Waals surface area (Å²) in [6, 6.07) is 14.3. The van der Waals surface area contributed by atoms with Crippen LogP contribution in [-0.4, -0.2) is 34.7 Å². The number of carbonyl (C=O) groups excluding carboxylic acids is 1. The Morgan fingerprint density at radius 2 is 2.12 bits per heavy atom. The number of pyridine rings is 1. The van der Waals surface area contributed by atoms with Gasteiger partial charge in [0, 0.05) is 18.8 Å². The molecular weight excluding hydrogens is 328 g/mol. The third-order valence-electron chi connectivity index (χ3n) is 4.57. The average Bonchev–Trinajstić information content (AvgIpc) is 2.68. The normalized spacial score (nSPS) is 20.0. The molecule has 4 N–H and O–H groups in total. The Bertz CT molecular complexity index is 738. The van der Waals surface area contributed by atoms with Gasteiger partial charge in [-0.2, -0.15) is 0 Å². The molecule has 26 heavy (non-hydrogen) atoms. The standard InChI is InChI=1S/C20H24N4O2/c25-19(24-26)10-8-17-7-9-18(22-14-17)23-20(11-4-12-21-15-20)13-16-5-2-1-3-6-16/h1-3,5-10,14,21,26H,4,11-13,15H2,(H,22,23)(H,24,25)/b10-8+/t20-/m1/s1. The smallest absolute Gasteiger partial charge is 0.267 e. The zero-order valence-corrected chi connectivity index (χ0v) is 14.6. The highest BCUT2D eigenvalue weighted by Crippen LogP contribution is 2.26. The molecule has 3 rings (SSSR count). The Hall–Kier alpha value is -2.70. The zero-order chi connectivity index (χ0) is 18.2. The molecule has 1 aliphatic heterocycles. The number of rotatable bonds is 6. The van der Waals surface area contributed by atoms with E-state index in [1.807, 2.05) is 18.2 Å². The Kier molecular flexibility index (Phi) is 5.99. The second-order valence-electron chi connectivity index (χ2n) is 6.63. The second-order valence-corrected chi connectivity index (χ2v) is 6.63. The summed E-state index contributed by atoms with van der Waals surface area (Å²) in [5.41, 5.74) is 3.59. The van der Waals surface area contributed by atoms with Crippen LogP contribution in [0.15, 0.2) is 54.7 Å². The molecule has 0 unspecified atom stereocenters. The Morgan fingerprint density at radius 1 is 1.27 bits per heavy atom. The van der Waals surface area contributed by atoms with Crippen molar-refractivity contribution in [2.24, 2.45) is 0 Å². The first kappa shape index (κ1) is 18.1. The number of anilines is 1. The van der Waals surface area contributed by atoms with Crippen LogP contribution >= 0.6 is 0 Å². The molecule has 1 saturated heterocycles. The molecule has 2 aromatic rings. The number of piperidine rings is 1. The lowest BCUT2D eigenvalue weighted by Crippen LogP contribution is -2.53. The van der Waals surface area contributed by atoms with Gasteiger partial charge in [0.15, 0.2) is 0 Å². The van der Waals surface area contributed by atoms with E-state index in [2.05, 4.69) is 39.9 Å². The molecule has 0 spiro atoms. The van der Waals surface area contributed by atoms with Crippen LogP contribution in [0.4, 0.5) is 5.82 Å². The summed E-state index contributed by atoms with van der Waals surface area (Å²) in [4.78, 5) is 15.5. The minimum atomic E-state index is -0.567. The second kappa shape index (κ2) is 8.60. The summed E-state index contributed by atoms with van der Waals surface area (Å²) in [6.07, 6.45) is 7.69. The number of nitrogens with one attached hydrogen (secondary N) is 3. The molecule has 1 aromatic carbocycles. The maximum absolute atomic E-state index is 11.0. The van der Waals surface area contributed by atoms with E-state index < -0.39 is 5.91 Å². The van der Waals surface area contributed by atoms with Gasteiger partial charge in [0.1, 0.15) is 5.82 Å². The highest BCUT2D eigenvalue weighted by atomic mass is 16.5. The van der Waals surface area contributed by atoms with Crippen molar-refractivity contribution in [3.8, 4) is 0 Å². The van der Waals surface area contributed by atoms with Gasteiger partial charge in [-0.05, 0) is 55.1 Å². The largest absolute Gasteiger partial charge is 0.363 e. The molecule has 1 atom stereocenters. The number of carbonyl (C=O) groups is 1. The molecule has 1 amide bonds. The minimum Gasteiger partial charge on any atom is -0.363 e. The van der Waals surface area contributed by atoms with Crippen molar-refractivity contribution < 1.29 is 10.0 Å². The highest BCUT2D eigenvalue weighted by Gasteiger charge is 2.32. The lowest BCUT2D eigenvalue weighted by atomic mass is 9.84. The molecule has 1 aliphatic rings. The van der Waals surface area contributed by atoms with E-state index in [4.69, 9.17) is 5.21 Å². The van der Waals surface area contributed by atoms with Gasteiger partial charge in [0.25, 0.3) is 5.91 Å². The minimum absolute atomic E-state index is 0.0687. The molecule has 1 fully saturated rings. The number of benzene rings is 1. The first-order chi connectivity index (χ1) is 12.7. The zero-order valence-electron chi connectivity index (χ0n) is 14.6. The molecule has 0 saturated carbocycles. The van der Waals surface area contributed by atoms with Gasteiger partial charge in [-0.3, -0.25) is 10.0 Å². The summed E-state index contributed by atoms with van der Waals surface area (Å²) in [7, 11) is 0. The fourth-order valence-corrected chi connectivity index (χ4v) is 3.31. The summed E-state index contributed by atoms with van der Waals surface area (Å²) in [6.45, 7) is 1.93. The van der Waals surface area contributed by atoms with E-state index in [-0.39, 0.29) is 5.54 Å². The number of hydrogen-bond donors (Lipinski definition) is 4. The van der Waals surface area contributed by atoms with Crippen molar-refractivity contribution in [1.82, 2.24) is 15.8 Å². The molecule has 6 nitrogen and oxygen atoms in total. The van der Waals surface area contributed by atoms with Gasteiger partial charge in [0.2, 0.25) is 0 Å². The van der Waals surface area contributed by atoms with Gasteiger partial charge in [-0.15, -0.1) is 0 Å². The maximum Gasteiger partial charge on any atom is 0.267 e. The van der Waals surface area contributed by atoms with Crippen LogP contribution in [0.25, 0.3) is 6.08 Å². The van der Waals surface area contributed by atoms with E-state index in [1.165, 1.54) is 11.6 Å². The van der Waals surface area contributed by atoms with Crippen LogP contribution < -0.4 is 16.1 Å². The van der Waals surface area contributed by atoms with Crippen molar-refractivity contribution in [2.75, 3.05) is 18.4 Å². The van der Waals surface area contributed by atoms with Gasteiger partial charge in [-0.25, -0.2) is 10.5 Å². The molecule has 1 aromatic heterocycles. The Morgan fingerprint density at radius 3 is 2.77 bits per heavy atom. The summed E-state index contributed by atoms with van der Waals surface area (Å²) >= 11 is 0. The summed E-state index contributed by atoms with van der Waals surface area (Å²) in [5, 5.41) is 15.6. The highest BCUT2D eigenvalue weighted by molar-refractivity contribution is 5.90. The molecule has 0 radical (unpaired) electrons. The van der Waals surface area contributed by atoms with Crippen LogP contribution in [0.5, 0.6) is 0 Å². The van der Waals surface area contributed by atoms with Crippen LogP contribution in [0.1, 0.15) is 24.0 Å². The van der Waals surface area contributed by atoms with Crippen molar-refractivity contribution in [1.29, 1.82) is 0 Å². The fraction of sp³-hybridized carbons (Fsp3) is 0.300.